The van der Waals surface area contributed by atoms with Gasteiger partial charge in [-0.05, 0) is 54.7 Å². The Kier molecular flexibility index (Phi) is 6.00. The third kappa shape index (κ3) is 4.44. The number of hydrogen-bond donors (Lipinski definition) is 2. The van der Waals surface area contributed by atoms with E-state index in [0.29, 0.717) is 48.4 Å². The van der Waals surface area contributed by atoms with Gasteiger partial charge < -0.3 is 15.6 Å². The lowest BCUT2D eigenvalue weighted by Crippen LogP contribution is -2.37. The largest absolute Gasteiger partial charge is 0.383 e. The minimum absolute atomic E-state index is 0.108. The van der Waals surface area contributed by atoms with Crippen LogP contribution in [0, 0.1) is 18.3 Å². The zero-order valence-electron chi connectivity index (χ0n) is 17.4. The van der Waals surface area contributed by atoms with Gasteiger partial charge in [-0.1, -0.05) is 0 Å². The van der Waals surface area contributed by atoms with Gasteiger partial charge in [0.1, 0.15) is 22.4 Å². The van der Waals surface area contributed by atoms with Gasteiger partial charge in [0.25, 0.3) is 5.56 Å². The number of hydrogen-bond acceptors (Lipinski definition) is 7. The molecule has 1 amide bonds. The number of piperidine rings is 1. The number of aromatic nitrogens is 3. The molecule has 0 aromatic carbocycles. The Morgan fingerprint density at radius 1 is 1.42 bits per heavy atom. The van der Waals surface area contributed by atoms with Gasteiger partial charge in [-0.2, -0.15) is 5.26 Å². The SMILES string of the molecule is Cc1csc2c(=O)[nH]c(CCCC(=O)N3CCC(c4cnc(N)c(C#N)c4)CC3)nc12. The summed E-state index contributed by atoms with van der Waals surface area (Å²) in [7, 11) is 0. The molecule has 0 atom stereocenters. The Bertz CT molecular complexity index is 1220. The van der Waals surface area contributed by atoms with Crippen molar-refractivity contribution >= 4 is 33.3 Å². The molecule has 160 valence electrons. The molecule has 0 bridgehead atoms. The molecule has 4 rings (SSSR count). The number of H-pyrrole nitrogens is 1. The maximum atomic E-state index is 12.6. The molecule has 1 aliphatic rings. The number of carbonyl (C=O) groups is 1. The fourth-order valence-electron chi connectivity index (χ4n) is 4.04. The third-order valence-electron chi connectivity index (χ3n) is 5.84. The second kappa shape index (κ2) is 8.86. The normalized spacial score (nSPS) is 14.6. The van der Waals surface area contributed by atoms with Gasteiger partial charge in [0.15, 0.2) is 0 Å². The van der Waals surface area contributed by atoms with Crippen LogP contribution in [0.1, 0.15) is 54.1 Å². The number of likely N-dealkylation sites (tertiary alicyclic amines) is 1. The lowest BCUT2D eigenvalue weighted by molar-refractivity contribution is -0.132. The zero-order valence-corrected chi connectivity index (χ0v) is 18.2. The Labute approximate surface area is 183 Å². The zero-order chi connectivity index (χ0) is 22.0. The first-order valence-electron chi connectivity index (χ1n) is 10.4. The quantitative estimate of drug-likeness (QED) is 0.633. The average molecular weight is 437 g/mol. The molecule has 31 heavy (non-hydrogen) atoms. The van der Waals surface area contributed by atoms with Gasteiger partial charge in [0.05, 0.1) is 11.1 Å². The molecule has 1 saturated heterocycles. The minimum Gasteiger partial charge on any atom is -0.383 e. The highest BCUT2D eigenvalue weighted by atomic mass is 32.1. The fraction of sp³-hybridized carbons (Fsp3) is 0.409. The van der Waals surface area contributed by atoms with Crippen LogP contribution in [-0.2, 0) is 11.2 Å². The highest BCUT2D eigenvalue weighted by molar-refractivity contribution is 7.17. The van der Waals surface area contributed by atoms with Gasteiger partial charge in [-0.15, -0.1) is 11.3 Å². The number of anilines is 1. The molecule has 1 aliphatic heterocycles. The third-order valence-corrected chi connectivity index (χ3v) is 6.92. The molecule has 3 aromatic heterocycles. The van der Waals surface area contributed by atoms with Gasteiger partial charge in [-0.25, -0.2) is 9.97 Å². The van der Waals surface area contributed by atoms with E-state index in [4.69, 9.17) is 11.0 Å². The summed E-state index contributed by atoms with van der Waals surface area (Å²) < 4.78 is 0.651. The molecule has 8 nitrogen and oxygen atoms in total. The summed E-state index contributed by atoms with van der Waals surface area (Å²) in [5.74, 6) is 1.29. The number of aryl methyl sites for hydroxylation is 2. The second-order valence-electron chi connectivity index (χ2n) is 7.93. The molecule has 9 heteroatoms. The topological polar surface area (TPSA) is 129 Å². The maximum Gasteiger partial charge on any atom is 0.268 e. The van der Waals surface area contributed by atoms with E-state index in [0.717, 1.165) is 29.5 Å². The van der Waals surface area contributed by atoms with Crippen molar-refractivity contribution in [3.63, 3.8) is 0 Å². The van der Waals surface area contributed by atoms with Crippen molar-refractivity contribution in [2.45, 2.75) is 44.9 Å². The smallest absolute Gasteiger partial charge is 0.268 e. The number of carbonyl (C=O) groups excluding carboxylic acids is 1. The van der Waals surface area contributed by atoms with Gasteiger partial charge >= 0.3 is 0 Å². The van der Waals surface area contributed by atoms with Crippen molar-refractivity contribution in [1.29, 1.82) is 5.26 Å². The van der Waals surface area contributed by atoms with Crippen molar-refractivity contribution in [2.75, 3.05) is 18.8 Å². The molecule has 3 aromatic rings. The number of aromatic amines is 1. The van der Waals surface area contributed by atoms with Crippen LogP contribution in [0.4, 0.5) is 5.82 Å². The van der Waals surface area contributed by atoms with Crippen LogP contribution in [-0.4, -0.2) is 38.8 Å². The molecule has 0 aliphatic carbocycles. The Morgan fingerprint density at radius 2 is 2.19 bits per heavy atom. The molecule has 0 spiro atoms. The number of amides is 1. The predicted molar refractivity (Wildman–Crippen MR) is 120 cm³/mol. The maximum absolute atomic E-state index is 12.6. The molecule has 1 fully saturated rings. The molecular formula is C22H24N6O2S. The van der Waals surface area contributed by atoms with E-state index < -0.39 is 0 Å². The lowest BCUT2D eigenvalue weighted by atomic mass is 9.89. The number of pyridine rings is 1. The summed E-state index contributed by atoms with van der Waals surface area (Å²) in [5.41, 5.74) is 8.77. The fourth-order valence-corrected chi connectivity index (χ4v) is 4.92. The van der Waals surface area contributed by atoms with E-state index >= 15 is 0 Å². The number of nitrogen functional groups attached to an aromatic ring is 1. The Morgan fingerprint density at radius 3 is 2.94 bits per heavy atom. The van der Waals surface area contributed by atoms with Crippen LogP contribution in [0.15, 0.2) is 22.4 Å². The summed E-state index contributed by atoms with van der Waals surface area (Å²) in [4.78, 5) is 38.2. The number of rotatable bonds is 5. The number of nitrogens with one attached hydrogen (secondary N) is 1. The first-order chi connectivity index (χ1) is 15.0. The Hall–Kier alpha value is -3.25. The van der Waals surface area contributed by atoms with Crippen LogP contribution in [0.2, 0.25) is 0 Å². The molecular weight excluding hydrogens is 412 g/mol. The molecule has 0 saturated carbocycles. The van der Waals surface area contributed by atoms with E-state index in [1.54, 1.807) is 6.20 Å². The minimum atomic E-state index is -0.108. The number of nitrogens with zero attached hydrogens (tertiary/aromatic N) is 4. The van der Waals surface area contributed by atoms with Crippen LogP contribution in [0.5, 0.6) is 0 Å². The van der Waals surface area contributed by atoms with E-state index in [1.807, 2.05) is 23.3 Å². The van der Waals surface area contributed by atoms with E-state index in [2.05, 4.69) is 21.0 Å². The van der Waals surface area contributed by atoms with Crippen molar-refractivity contribution in [3.05, 3.63) is 50.5 Å². The van der Waals surface area contributed by atoms with Crippen molar-refractivity contribution in [1.82, 2.24) is 19.9 Å². The summed E-state index contributed by atoms with van der Waals surface area (Å²) in [6.07, 6.45) is 5.05. The average Bonchev–Trinajstić information content (AvgIpc) is 3.15. The number of thiophene rings is 1. The van der Waals surface area contributed by atoms with Gasteiger partial charge in [0, 0.05) is 32.1 Å². The van der Waals surface area contributed by atoms with Crippen LogP contribution >= 0.6 is 11.3 Å². The second-order valence-corrected chi connectivity index (χ2v) is 8.81. The van der Waals surface area contributed by atoms with E-state index in [1.165, 1.54) is 11.3 Å². The number of fused-ring (bicyclic) bond motifs is 1. The van der Waals surface area contributed by atoms with Crippen molar-refractivity contribution in [2.24, 2.45) is 0 Å². The first-order valence-corrected chi connectivity index (χ1v) is 11.2. The summed E-state index contributed by atoms with van der Waals surface area (Å²) in [6.45, 7) is 3.32. The Balaban J connectivity index is 1.29. The van der Waals surface area contributed by atoms with E-state index in [-0.39, 0.29) is 23.2 Å². The molecule has 3 N–H and O–H groups in total. The highest BCUT2D eigenvalue weighted by Crippen LogP contribution is 2.29. The molecule has 0 unspecified atom stereocenters. The summed E-state index contributed by atoms with van der Waals surface area (Å²) in [5, 5.41) is 11.1. The number of nitrogens with two attached hydrogens (primary N) is 1. The van der Waals surface area contributed by atoms with Crippen molar-refractivity contribution < 1.29 is 4.79 Å². The van der Waals surface area contributed by atoms with Gasteiger partial charge in [-0.3, -0.25) is 9.59 Å². The summed E-state index contributed by atoms with van der Waals surface area (Å²) in [6, 6.07) is 3.88. The van der Waals surface area contributed by atoms with Crippen LogP contribution in [0.3, 0.4) is 0 Å². The predicted octanol–water partition coefficient (Wildman–Crippen LogP) is 2.87. The molecule has 4 heterocycles. The monoisotopic (exact) mass is 436 g/mol. The standard InChI is InChI=1S/C22H24N6O2S/c1-13-12-31-20-19(13)26-17(27-22(20)30)3-2-4-18(29)28-7-5-14(6-8-28)16-9-15(10-23)21(24)25-11-16/h9,11-12,14H,2-8H2,1H3,(H2,24,25)(H,26,27,30). The van der Waals surface area contributed by atoms with Crippen LogP contribution in [0.25, 0.3) is 10.2 Å². The van der Waals surface area contributed by atoms with Crippen molar-refractivity contribution in [3.8, 4) is 6.07 Å². The molecule has 0 radical (unpaired) electrons. The van der Waals surface area contributed by atoms with E-state index in [9.17, 15) is 9.59 Å². The highest BCUT2D eigenvalue weighted by Gasteiger charge is 2.24. The number of nitriles is 1. The van der Waals surface area contributed by atoms with Crippen LogP contribution < -0.4 is 11.3 Å². The lowest BCUT2D eigenvalue weighted by Gasteiger charge is -2.32. The van der Waals surface area contributed by atoms with Gasteiger partial charge in [0.2, 0.25) is 5.91 Å². The first kappa shape index (κ1) is 21.0. The summed E-state index contributed by atoms with van der Waals surface area (Å²) >= 11 is 1.40.